The molecule has 0 N–H and O–H groups in total. The molecule has 1 aromatic rings. The third kappa shape index (κ3) is 4.84. The van der Waals surface area contributed by atoms with Gasteiger partial charge in [-0.05, 0) is 36.2 Å². The van der Waals surface area contributed by atoms with Crippen molar-refractivity contribution in [3.63, 3.8) is 0 Å². The van der Waals surface area contributed by atoms with E-state index in [1.165, 1.54) is 7.11 Å². The molecule has 1 aromatic carbocycles. The van der Waals surface area contributed by atoms with Crippen LogP contribution >= 0.6 is 0 Å². The molecule has 0 aliphatic heterocycles. The van der Waals surface area contributed by atoms with E-state index in [2.05, 4.69) is 46.0 Å². The van der Waals surface area contributed by atoms with Gasteiger partial charge in [0.2, 0.25) is 0 Å². The van der Waals surface area contributed by atoms with E-state index in [9.17, 15) is 4.79 Å². The summed E-state index contributed by atoms with van der Waals surface area (Å²) in [5.74, 6) is -0.317. The van der Waals surface area contributed by atoms with Crippen LogP contribution in [-0.2, 0) is 20.5 Å². The number of carbonyl (C=O) groups is 1. The summed E-state index contributed by atoms with van der Waals surface area (Å²) in [7, 11) is -0.386. The molecule has 144 valence electrons. The molecule has 2 unspecified atom stereocenters. The summed E-state index contributed by atoms with van der Waals surface area (Å²) in [6, 6.07) is 5.77. The van der Waals surface area contributed by atoms with Gasteiger partial charge in [0.05, 0.1) is 31.5 Å². The summed E-state index contributed by atoms with van der Waals surface area (Å²) in [5, 5.41) is 0.191. The molecule has 1 aliphatic rings. The van der Waals surface area contributed by atoms with Gasteiger partial charge in [0.25, 0.3) is 0 Å². The van der Waals surface area contributed by atoms with Crippen LogP contribution in [0.15, 0.2) is 30.4 Å². The zero-order valence-electron chi connectivity index (χ0n) is 17.1. The minimum absolute atomic E-state index is 0.00998. The summed E-state index contributed by atoms with van der Waals surface area (Å²) in [4.78, 5) is 12.0. The maximum atomic E-state index is 12.0. The third-order valence-corrected chi connectivity index (χ3v) is 9.96. The van der Waals surface area contributed by atoms with Gasteiger partial charge < -0.3 is 13.9 Å². The second-order valence-electron chi connectivity index (χ2n) is 8.49. The Morgan fingerprint density at radius 3 is 2.46 bits per heavy atom. The van der Waals surface area contributed by atoms with Crippen LogP contribution in [0, 0.1) is 6.92 Å². The summed E-state index contributed by atoms with van der Waals surface area (Å²) in [5.41, 5.74) is 2.36. The van der Waals surface area contributed by atoms with Gasteiger partial charge in [0, 0.05) is 6.42 Å². The minimum Gasteiger partial charge on any atom is -0.465 e. The van der Waals surface area contributed by atoms with Crippen molar-refractivity contribution in [1.82, 2.24) is 0 Å². The number of methoxy groups -OCH3 is 1. The van der Waals surface area contributed by atoms with Crippen LogP contribution in [0.3, 0.4) is 0 Å². The van der Waals surface area contributed by atoms with Crippen LogP contribution < -0.4 is 0 Å². The van der Waals surface area contributed by atoms with Crippen LogP contribution in [0.1, 0.15) is 48.7 Å². The summed E-state index contributed by atoms with van der Waals surface area (Å²) in [6.07, 6.45) is 5.13. The van der Waals surface area contributed by atoms with Crippen LogP contribution in [0.25, 0.3) is 0 Å². The zero-order chi connectivity index (χ0) is 19.5. The van der Waals surface area contributed by atoms with Gasteiger partial charge >= 0.3 is 5.97 Å². The highest BCUT2D eigenvalue weighted by Gasteiger charge is 2.39. The van der Waals surface area contributed by atoms with Gasteiger partial charge in [0.15, 0.2) is 8.32 Å². The highest BCUT2D eigenvalue weighted by molar-refractivity contribution is 6.74. The molecule has 0 amide bonds. The van der Waals surface area contributed by atoms with E-state index in [1.807, 2.05) is 25.1 Å². The first-order valence-electron chi connectivity index (χ1n) is 9.19. The number of aryl methyl sites for hydroxylation is 1. The van der Waals surface area contributed by atoms with Crippen molar-refractivity contribution >= 4 is 14.3 Å². The molecule has 2 atom stereocenters. The average molecular weight is 377 g/mol. The topological polar surface area (TPSA) is 44.8 Å². The number of carbonyl (C=O) groups excluding carboxylic acids is 1. The number of hydrogen-bond acceptors (Lipinski definition) is 4. The second kappa shape index (κ2) is 8.07. The monoisotopic (exact) mass is 376 g/mol. The lowest BCUT2D eigenvalue weighted by molar-refractivity contribution is 0.0501. The Morgan fingerprint density at radius 1 is 1.19 bits per heavy atom. The Kier molecular flexibility index (Phi) is 6.48. The van der Waals surface area contributed by atoms with Crippen molar-refractivity contribution in [2.45, 2.75) is 71.1 Å². The van der Waals surface area contributed by atoms with Crippen molar-refractivity contribution in [2.24, 2.45) is 0 Å². The molecule has 2 rings (SSSR count). The standard InChI is InChI=1S/C21H32O4Si/c1-15-9-8-10-16(19(15)20(22)23-5)14-24-17-11-12-18(13-17)25-26(6,7)21(2,3)4/h8-12,17-18H,13-14H2,1-7H3. The third-order valence-electron chi connectivity index (χ3n) is 5.46. The van der Waals surface area contributed by atoms with Gasteiger partial charge in [-0.15, -0.1) is 0 Å². The van der Waals surface area contributed by atoms with E-state index in [4.69, 9.17) is 13.9 Å². The SMILES string of the molecule is COC(=O)c1c(C)cccc1COC1C=CC(O[Si](C)(C)C(C)(C)C)C1. The number of benzene rings is 1. The van der Waals surface area contributed by atoms with E-state index >= 15 is 0 Å². The predicted molar refractivity (Wildman–Crippen MR) is 107 cm³/mol. The Morgan fingerprint density at radius 2 is 1.85 bits per heavy atom. The molecule has 26 heavy (non-hydrogen) atoms. The Hall–Kier alpha value is -1.43. The molecular formula is C21H32O4Si. The van der Waals surface area contributed by atoms with Crippen molar-refractivity contribution in [2.75, 3.05) is 7.11 Å². The minimum atomic E-state index is -1.79. The van der Waals surface area contributed by atoms with Crippen molar-refractivity contribution in [3.8, 4) is 0 Å². The molecule has 0 saturated carbocycles. The lowest BCUT2D eigenvalue weighted by Crippen LogP contribution is -2.43. The number of rotatable bonds is 6. The Labute approximate surface area is 158 Å². The van der Waals surface area contributed by atoms with E-state index in [0.29, 0.717) is 12.2 Å². The predicted octanol–water partition coefficient (Wildman–Crippen LogP) is 5.02. The molecular weight excluding hydrogens is 344 g/mol. The number of hydrogen-bond donors (Lipinski definition) is 0. The first-order chi connectivity index (χ1) is 12.0. The van der Waals surface area contributed by atoms with Gasteiger partial charge in [-0.25, -0.2) is 4.79 Å². The normalized spacial score (nSPS) is 20.4. The summed E-state index contributed by atoms with van der Waals surface area (Å²) < 4.78 is 17.4. The maximum Gasteiger partial charge on any atom is 0.338 e. The van der Waals surface area contributed by atoms with Crippen molar-refractivity contribution < 1.29 is 18.7 Å². The molecule has 1 aliphatic carbocycles. The molecule has 5 heteroatoms. The molecule has 0 radical (unpaired) electrons. The first-order valence-corrected chi connectivity index (χ1v) is 12.1. The molecule has 0 spiro atoms. The Balaban J connectivity index is 1.96. The zero-order valence-corrected chi connectivity index (χ0v) is 18.1. The highest BCUT2D eigenvalue weighted by Crippen LogP contribution is 2.38. The fraction of sp³-hybridized carbons (Fsp3) is 0.571. The Bertz CT molecular complexity index is 673. The summed E-state index contributed by atoms with van der Waals surface area (Å²) >= 11 is 0. The first kappa shape index (κ1) is 20.9. The van der Waals surface area contributed by atoms with Gasteiger partial charge in [-0.1, -0.05) is 51.1 Å². The lowest BCUT2D eigenvalue weighted by Gasteiger charge is -2.38. The van der Waals surface area contributed by atoms with E-state index in [1.54, 1.807) is 0 Å². The van der Waals surface area contributed by atoms with Crippen molar-refractivity contribution in [1.29, 1.82) is 0 Å². The molecule has 0 saturated heterocycles. The van der Waals surface area contributed by atoms with Crippen LogP contribution in [-0.4, -0.2) is 33.6 Å². The quantitative estimate of drug-likeness (QED) is 0.397. The van der Waals surface area contributed by atoms with Crippen LogP contribution in [0.4, 0.5) is 0 Å². The van der Waals surface area contributed by atoms with Crippen LogP contribution in [0.2, 0.25) is 18.1 Å². The van der Waals surface area contributed by atoms with E-state index in [0.717, 1.165) is 17.5 Å². The smallest absolute Gasteiger partial charge is 0.338 e. The maximum absolute atomic E-state index is 12.0. The van der Waals surface area contributed by atoms with E-state index < -0.39 is 8.32 Å². The molecule has 4 nitrogen and oxygen atoms in total. The molecule has 0 aromatic heterocycles. The highest BCUT2D eigenvalue weighted by atomic mass is 28.4. The largest absolute Gasteiger partial charge is 0.465 e. The fourth-order valence-electron chi connectivity index (χ4n) is 2.84. The second-order valence-corrected chi connectivity index (χ2v) is 13.2. The van der Waals surface area contributed by atoms with Crippen molar-refractivity contribution in [3.05, 3.63) is 47.0 Å². The van der Waals surface area contributed by atoms with E-state index in [-0.39, 0.29) is 23.2 Å². The summed E-state index contributed by atoms with van der Waals surface area (Å²) in [6.45, 7) is 13.6. The average Bonchev–Trinajstić information content (AvgIpc) is 2.98. The van der Waals surface area contributed by atoms with Gasteiger partial charge in [-0.3, -0.25) is 0 Å². The molecule has 0 bridgehead atoms. The molecule has 0 heterocycles. The molecule has 0 fully saturated rings. The van der Waals surface area contributed by atoms with Crippen LogP contribution in [0.5, 0.6) is 0 Å². The fourth-order valence-corrected chi connectivity index (χ4v) is 4.13. The number of ether oxygens (including phenoxy) is 2. The lowest BCUT2D eigenvalue weighted by atomic mass is 10.0. The number of esters is 1. The van der Waals surface area contributed by atoms with Gasteiger partial charge in [-0.2, -0.15) is 0 Å². The van der Waals surface area contributed by atoms with Gasteiger partial charge in [0.1, 0.15) is 0 Å².